The number of rotatable bonds is 5. The molecule has 1 N–H and O–H groups in total. The molecule has 8 heteroatoms. The van der Waals surface area contributed by atoms with Crippen LogP contribution in [0, 0.1) is 17.0 Å². The van der Waals surface area contributed by atoms with Gasteiger partial charge in [-0.25, -0.2) is 13.1 Å². The Kier molecular flexibility index (Phi) is 5.15. The molecule has 1 aliphatic heterocycles. The third kappa shape index (κ3) is 4.49. The molecule has 2 rings (SSSR count). The molecular weight excluding hydrogens is 306 g/mol. The second-order valence-electron chi connectivity index (χ2n) is 5.76. The number of piperidine rings is 1. The zero-order valence-electron chi connectivity index (χ0n) is 12.8. The molecule has 1 aliphatic rings. The van der Waals surface area contributed by atoms with Crippen molar-refractivity contribution in [3.63, 3.8) is 0 Å². The summed E-state index contributed by atoms with van der Waals surface area (Å²) in [6, 6.07) is 5.11. The van der Waals surface area contributed by atoms with E-state index in [1.54, 1.807) is 13.0 Å². The van der Waals surface area contributed by atoms with Gasteiger partial charge in [-0.1, -0.05) is 12.1 Å². The van der Waals surface area contributed by atoms with Crippen LogP contribution >= 0.6 is 0 Å². The molecule has 0 aliphatic carbocycles. The average Bonchev–Trinajstić information content (AvgIpc) is 2.41. The number of nitrogens with one attached hydrogen (secondary N) is 1. The van der Waals surface area contributed by atoms with Gasteiger partial charge in [-0.15, -0.1) is 0 Å². The second-order valence-corrected chi connectivity index (χ2v) is 7.54. The molecule has 0 amide bonds. The summed E-state index contributed by atoms with van der Waals surface area (Å²) >= 11 is 0. The normalized spacial score (nSPS) is 17.5. The van der Waals surface area contributed by atoms with Crippen molar-refractivity contribution >= 4 is 15.7 Å². The first kappa shape index (κ1) is 16.9. The first-order valence-electron chi connectivity index (χ1n) is 7.19. The van der Waals surface area contributed by atoms with Gasteiger partial charge in [-0.05, 0) is 25.3 Å². The van der Waals surface area contributed by atoms with Crippen LogP contribution in [0.2, 0.25) is 0 Å². The van der Waals surface area contributed by atoms with Crippen molar-refractivity contribution in [3.05, 3.63) is 39.4 Å². The van der Waals surface area contributed by atoms with E-state index in [9.17, 15) is 18.5 Å². The van der Waals surface area contributed by atoms with E-state index in [0.29, 0.717) is 12.1 Å². The summed E-state index contributed by atoms with van der Waals surface area (Å²) in [7, 11) is -3.17. The summed E-state index contributed by atoms with van der Waals surface area (Å²) in [4.78, 5) is 12.8. The number of likely N-dealkylation sites (tertiary alicyclic amines) is 1. The van der Waals surface area contributed by atoms with E-state index in [4.69, 9.17) is 0 Å². The topological polar surface area (TPSA) is 92.6 Å². The Balaban J connectivity index is 1.97. The summed E-state index contributed by atoms with van der Waals surface area (Å²) < 4.78 is 25.1. The minimum Gasteiger partial charge on any atom is -0.299 e. The lowest BCUT2D eigenvalue weighted by Crippen LogP contribution is -2.44. The molecule has 0 aromatic heterocycles. The maximum absolute atomic E-state index is 11.2. The Hall–Kier alpha value is -1.51. The Morgan fingerprint density at radius 2 is 2.00 bits per heavy atom. The van der Waals surface area contributed by atoms with Crippen LogP contribution in [0.15, 0.2) is 18.2 Å². The minimum atomic E-state index is -3.17. The standard InChI is InChI=1S/C14H21N3O4S/c1-11-12(4-3-5-14(11)17(18)19)10-16-8-6-13(7-9-16)15-22(2,20)21/h3-5,13,15H,6-10H2,1-2H3. The summed E-state index contributed by atoms with van der Waals surface area (Å²) in [6.45, 7) is 3.97. The van der Waals surface area contributed by atoms with Crippen LogP contribution < -0.4 is 4.72 Å². The molecule has 22 heavy (non-hydrogen) atoms. The second kappa shape index (κ2) is 6.72. The van der Waals surface area contributed by atoms with Crippen LogP contribution in [0.5, 0.6) is 0 Å². The van der Waals surface area contributed by atoms with Gasteiger partial charge in [-0.3, -0.25) is 15.0 Å². The fourth-order valence-electron chi connectivity index (χ4n) is 2.79. The Morgan fingerprint density at radius 3 is 2.55 bits per heavy atom. The SMILES string of the molecule is Cc1c(CN2CCC(NS(C)(=O)=O)CC2)cccc1[N+](=O)[O-]. The van der Waals surface area contributed by atoms with Crippen molar-refractivity contribution in [3.8, 4) is 0 Å². The Morgan fingerprint density at radius 1 is 1.36 bits per heavy atom. The molecule has 0 bridgehead atoms. The number of hydrogen-bond donors (Lipinski definition) is 1. The number of nitro groups is 1. The van der Waals surface area contributed by atoms with E-state index in [0.717, 1.165) is 31.5 Å². The van der Waals surface area contributed by atoms with E-state index in [-0.39, 0.29) is 16.7 Å². The van der Waals surface area contributed by atoms with E-state index < -0.39 is 10.0 Å². The van der Waals surface area contributed by atoms with Crippen LogP contribution in [-0.2, 0) is 16.6 Å². The summed E-state index contributed by atoms with van der Waals surface area (Å²) in [6.07, 6.45) is 2.67. The lowest BCUT2D eigenvalue weighted by molar-refractivity contribution is -0.385. The number of nitro benzene ring substituents is 1. The molecule has 0 saturated carbocycles. The predicted octanol–water partition coefficient (Wildman–Crippen LogP) is 1.42. The molecule has 0 radical (unpaired) electrons. The first-order chi connectivity index (χ1) is 10.3. The van der Waals surface area contributed by atoms with Crippen molar-refractivity contribution in [2.24, 2.45) is 0 Å². The molecule has 0 spiro atoms. The molecule has 0 atom stereocenters. The molecule has 1 aromatic carbocycles. The summed E-state index contributed by atoms with van der Waals surface area (Å²) in [5.41, 5.74) is 1.79. The minimum absolute atomic E-state index is 0.0162. The smallest absolute Gasteiger partial charge is 0.272 e. The van der Waals surface area contributed by atoms with E-state index in [1.807, 2.05) is 6.07 Å². The highest BCUT2D eigenvalue weighted by atomic mass is 32.2. The van der Waals surface area contributed by atoms with Gasteiger partial charge < -0.3 is 0 Å². The van der Waals surface area contributed by atoms with Gasteiger partial charge in [0.2, 0.25) is 10.0 Å². The van der Waals surface area contributed by atoms with Gasteiger partial charge in [0.1, 0.15) is 0 Å². The Labute approximate surface area is 130 Å². The Bertz CT molecular complexity index is 652. The lowest BCUT2D eigenvalue weighted by Gasteiger charge is -2.32. The summed E-state index contributed by atoms with van der Waals surface area (Å²) in [5, 5.41) is 11.0. The highest BCUT2D eigenvalue weighted by Crippen LogP contribution is 2.23. The fraction of sp³-hybridized carbons (Fsp3) is 0.571. The molecule has 1 saturated heterocycles. The van der Waals surface area contributed by atoms with Crippen molar-refractivity contribution in [2.75, 3.05) is 19.3 Å². The zero-order valence-corrected chi connectivity index (χ0v) is 13.6. The number of hydrogen-bond acceptors (Lipinski definition) is 5. The van der Waals surface area contributed by atoms with Crippen LogP contribution in [0.3, 0.4) is 0 Å². The van der Waals surface area contributed by atoms with Gasteiger partial charge in [-0.2, -0.15) is 0 Å². The third-order valence-electron chi connectivity index (χ3n) is 3.98. The largest absolute Gasteiger partial charge is 0.299 e. The molecule has 7 nitrogen and oxygen atoms in total. The average molecular weight is 327 g/mol. The van der Waals surface area contributed by atoms with Crippen LogP contribution in [0.1, 0.15) is 24.0 Å². The van der Waals surface area contributed by atoms with E-state index in [2.05, 4.69) is 9.62 Å². The van der Waals surface area contributed by atoms with Crippen LogP contribution in [0.4, 0.5) is 5.69 Å². The number of sulfonamides is 1. The van der Waals surface area contributed by atoms with Gasteiger partial charge in [0.05, 0.1) is 11.2 Å². The van der Waals surface area contributed by atoms with Gasteiger partial charge >= 0.3 is 0 Å². The van der Waals surface area contributed by atoms with Crippen molar-refractivity contribution < 1.29 is 13.3 Å². The number of nitrogens with zero attached hydrogens (tertiary/aromatic N) is 2. The maximum atomic E-state index is 11.2. The summed E-state index contributed by atoms with van der Waals surface area (Å²) in [5.74, 6) is 0. The quantitative estimate of drug-likeness (QED) is 0.652. The molecule has 1 heterocycles. The monoisotopic (exact) mass is 327 g/mol. The number of benzene rings is 1. The molecular formula is C14H21N3O4S. The van der Waals surface area contributed by atoms with Gasteiger partial charge in [0.25, 0.3) is 5.69 Å². The van der Waals surface area contributed by atoms with Crippen molar-refractivity contribution in [1.29, 1.82) is 0 Å². The van der Waals surface area contributed by atoms with Crippen LogP contribution in [-0.4, -0.2) is 43.6 Å². The molecule has 1 aromatic rings. The van der Waals surface area contributed by atoms with Gasteiger partial charge in [0, 0.05) is 37.3 Å². The van der Waals surface area contributed by atoms with Gasteiger partial charge in [0.15, 0.2) is 0 Å². The van der Waals surface area contributed by atoms with E-state index >= 15 is 0 Å². The predicted molar refractivity (Wildman–Crippen MR) is 84.1 cm³/mol. The van der Waals surface area contributed by atoms with Crippen LogP contribution in [0.25, 0.3) is 0 Å². The molecule has 122 valence electrons. The maximum Gasteiger partial charge on any atom is 0.272 e. The zero-order chi connectivity index (χ0) is 16.3. The first-order valence-corrected chi connectivity index (χ1v) is 9.08. The van der Waals surface area contributed by atoms with E-state index in [1.165, 1.54) is 12.3 Å². The van der Waals surface area contributed by atoms with Crippen molar-refractivity contribution in [1.82, 2.24) is 9.62 Å². The fourth-order valence-corrected chi connectivity index (χ4v) is 3.63. The lowest BCUT2D eigenvalue weighted by atomic mass is 10.0. The highest BCUT2D eigenvalue weighted by Gasteiger charge is 2.22. The third-order valence-corrected chi connectivity index (χ3v) is 4.74. The molecule has 1 fully saturated rings. The van der Waals surface area contributed by atoms with Crippen molar-refractivity contribution in [2.45, 2.75) is 32.4 Å². The highest BCUT2D eigenvalue weighted by molar-refractivity contribution is 7.88. The molecule has 0 unspecified atom stereocenters.